The van der Waals surface area contributed by atoms with Gasteiger partial charge in [0.2, 0.25) is 10.0 Å². The molecule has 0 aliphatic heterocycles. The van der Waals surface area contributed by atoms with E-state index in [1.807, 2.05) is 6.92 Å². The van der Waals surface area contributed by atoms with Crippen molar-refractivity contribution >= 4 is 37.3 Å². The SMILES string of the molecule is Cc1cc(S(=O)(=O)NCC(C)O)sc1Br. The lowest BCUT2D eigenvalue weighted by atomic mass is 10.4. The molecule has 0 aliphatic carbocycles. The molecule has 0 amide bonds. The number of aliphatic hydroxyl groups is 1. The van der Waals surface area contributed by atoms with Crippen molar-refractivity contribution in [1.82, 2.24) is 4.72 Å². The lowest BCUT2D eigenvalue weighted by Gasteiger charge is -2.05. The summed E-state index contributed by atoms with van der Waals surface area (Å²) in [5.74, 6) is 0. The first-order chi connectivity index (χ1) is 6.83. The summed E-state index contributed by atoms with van der Waals surface area (Å²) in [7, 11) is -3.48. The average Bonchev–Trinajstić information content (AvgIpc) is 2.45. The molecule has 86 valence electrons. The van der Waals surface area contributed by atoms with Crippen molar-refractivity contribution in [2.45, 2.75) is 24.2 Å². The number of thiophene rings is 1. The zero-order valence-corrected chi connectivity index (χ0v) is 11.5. The summed E-state index contributed by atoms with van der Waals surface area (Å²) in [6.07, 6.45) is -0.690. The third-order valence-electron chi connectivity index (χ3n) is 1.67. The van der Waals surface area contributed by atoms with Gasteiger partial charge in [-0.2, -0.15) is 0 Å². The Morgan fingerprint density at radius 2 is 2.27 bits per heavy atom. The topological polar surface area (TPSA) is 66.4 Å². The summed E-state index contributed by atoms with van der Waals surface area (Å²) in [6.45, 7) is 3.38. The first kappa shape index (κ1) is 13.1. The van der Waals surface area contributed by atoms with E-state index in [1.54, 1.807) is 6.07 Å². The summed E-state index contributed by atoms with van der Waals surface area (Å²) in [5, 5.41) is 8.99. The van der Waals surface area contributed by atoms with Crippen molar-refractivity contribution in [3.63, 3.8) is 0 Å². The second-order valence-corrected chi connectivity index (χ2v) is 7.59. The molecular formula is C8H12BrNO3S2. The Hall–Kier alpha value is 0.0500. The average molecular weight is 314 g/mol. The van der Waals surface area contributed by atoms with Gasteiger partial charge in [-0.05, 0) is 41.4 Å². The molecule has 1 aromatic rings. The Morgan fingerprint density at radius 1 is 1.67 bits per heavy atom. The minimum atomic E-state index is -3.48. The molecule has 0 aromatic carbocycles. The van der Waals surface area contributed by atoms with E-state index in [0.717, 1.165) is 20.7 Å². The minimum absolute atomic E-state index is 0.0247. The first-order valence-electron chi connectivity index (χ1n) is 4.26. The molecule has 1 unspecified atom stereocenters. The van der Waals surface area contributed by atoms with Crippen LogP contribution in [0.2, 0.25) is 0 Å². The van der Waals surface area contributed by atoms with E-state index in [4.69, 9.17) is 5.11 Å². The van der Waals surface area contributed by atoms with Gasteiger partial charge in [-0.25, -0.2) is 13.1 Å². The highest BCUT2D eigenvalue weighted by molar-refractivity contribution is 9.11. The van der Waals surface area contributed by atoms with Crippen LogP contribution in [0.15, 0.2) is 14.1 Å². The molecule has 15 heavy (non-hydrogen) atoms. The third-order valence-corrected chi connectivity index (χ3v) is 5.70. The normalized spacial score (nSPS) is 14.1. The molecule has 4 nitrogen and oxygen atoms in total. The van der Waals surface area contributed by atoms with E-state index in [2.05, 4.69) is 20.7 Å². The van der Waals surface area contributed by atoms with Gasteiger partial charge in [-0.3, -0.25) is 0 Å². The molecule has 0 saturated carbocycles. The highest BCUT2D eigenvalue weighted by Gasteiger charge is 2.18. The van der Waals surface area contributed by atoms with E-state index in [1.165, 1.54) is 6.92 Å². The molecule has 1 rings (SSSR count). The van der Waals surface area contributed by atoms with Crippen LogP contribution in [0.3, 0.4) is 0 Å². The molecule has 1 aromatic heterocycles. The van der Waals surface area contributed by atoms with Crippen molar-refractivity contribution in [1.29, 1.82) is 0 Å². The molecule has 0 saturated heterocycles. The molecule has 0 spiro atoms. The maximum atomic E-state index is 11.7. The maximum Gasteiger partial charge on any atom is 0.250 e. The standard InChI is InChI=1S/C8H12BrNO3S2/c1-5-3-7(14-8(5)9)15(12,13)10-4-6(2)11/h3,6,10-11H,4H2,1-2H3. The van der Waals surface area contributed by atoms with Crippen LogP contribution in [0, 0.1) is 6.92 Å². The predicted octanol–water partition coefficient (Wildman–Crippen LogP) is 1.48. The molecule has 2 N–H and O–H groups in total. The first-order valence-corrected chi connectivity index (χ1v) is 7.36. The number of aryl methyl sites for hydroxylation is 1. The van der Waals surface area contributed by atoms with Gasteiger partial charge in [0.1, 0.15) is 4.21 Å². The highest BCUT2D eigenvalue weighted by Crippen LogP contribution is 2.30. The summed E-state index contributed by atoms with van der Waals surface area (Å²) < 4.78 is 26.7. The maximum absolute atomic E-state index is 11.7. The molecule has 1 heterocycles. The van der Waals surface area contributed by atoms with Crippen LogP contribution in [0.1, 0.15) is 12.5 Å². The number of sulfonamides is 1. The lowest BCUT2D eigenvalue weighted by molar-refractivity contribution is 0.198. The summed E-state index contributed by atoms with van der Waals surface area (Å²) in [6, 6.07) is 1.60. The largest absolute Gasteiger partial charge is 0.392 e. The van der Waals surface area contributed by atoms with Gasteiger partial charge in [-0.1, -0.05) is 0 Å². The Balaban J connectivity index is 2.87. The molecule has 0 aliphatic rings. The molecule has 1 atom stereocenters. The van der Waals surface area contributed by atoms with Crippen LogP contribution in [0.5, 0.6) is 0 Å². The fourth-order valence-electron chi connectivity index (χ4n) is 0.866. The van der Waals surface area contributed by atoms with Crippen molar-refractivity contribution in [2.24, 2.45) is 0 Å². The molecule has 0 radical (unpaired) electrons. The summed E-state index contributed by atoms with van der Waals surface area (Å²) >= 11 is 4.42. The third kappa shape index (κ3) is 3.53. The lowest BCUT2D eigenvalue weighted by Crippen LogP contribution is -2.30. The van der Waals surface area contributed by atoms with Gasteiger partial charge in [0.25, 0.3) is 0 Å². The summed E-state index contributed by atoms with van der Waals surface area (Å²) in [5.41, 5.74) is 0.887. The zero-order chi connectivity index (χ0) is 11.6. The van der Waals surface area contributed by atoms with Crippen LogP contribution < -0.4 is 4.72 Å². The van der Waals surface area contributed by atoms with Gasteiger partial charge < -0.3 is 5.11 Å². The highest BCUT2D eigenvalue weighted by atomic mass is 79.9. The number of nitrogens with one attached hydrogen (secondary N) is 1. The van der Waals surface area contributed by atoms with E-state index in [9.17, 15) is 8.42 Å². The van der Waals surface area contributed by atoms with Gasteiger partial charge in [0, 0.05) is 6.54 Å². The Bertz CT molecular complexity index is 419. The smallest absolute Gasteiger partial charge is 0.250 e. The summed E-state index contributed by atoms with van der Waals surface area (Å²) in [4.78, 5) is 0. The molecule has 0 fully saturated rings. The fourth-order valence-corrected chi connectivity index (χ4v) is 4.26. The quantitative estimate of drug-likeness (QED) is 0.884. The van der Waals surface area contributed by atoms with E-state index in [-0.39, 0.29) is 10.8 Å². The molecule has 0 bridgehead atoms. The molecule has 7 heteroatoms. The Morgan fingerprint density at radius 3 is 2.67 bits per heavy atom. The number of hydrogen-bond acceptors (Lipinski definition) is 4. The van der Waals surface area contributed by atoms with Gasteiger partial charge >= 0.3 is 0 Å². The van der Waals surface area contributed by atoms with Crippen LogP contribution in [0.25, 0.3) is 0 Å². The van der Waals surface area contributed by atoms with Crippen LogP contribution in [-0.4, -0.2) is 26.2 Å². The van der Waals surface area contributed by atoms with Crippen LogP contribution >= 0.6 is 27.3 Å². The Kier molecular flexibility index (Phi) is 4.30. The van der Waals surface area contributed by atoms with Gasteiger partial charge in [-0.15, -0.1) is 11.3 Å². The second-order valence-electron chi connectivity index (χ2n) is 3.22. The van der Waals surface area contributed by atoms with Crippen molar-refractivity contribution in [3.8, 4) is 0 Å². The number of halogens is 1. The van der Waals surface area contributed by atoms with Gasteiger partial charge in [0.05, 0.1) is 9.89 Å². The van der Waals surface area contributed by atoms with Gasteiger partial charge in [0.15, 0.2) is 0 Å². The van der Waals surface area contributed by atoms with E-state index in [0.29, 0.717) is 0 Å². The monoisotopic (exact) mass is 313 g/mol. The fraction of sp³-hybridized carbons (Fsp3) is 0.500. The van der Waals surface area contributed by atoms with Crippen LogP contribution in [-0.2, 0) is 10.0 Å². The Labute approximate surface area is 102 Å². The predicted molar refractivity (Wildman–Crippen MR) is 63.6 cm³/mol. The van der Waals surface area contributed by atoms with Crippen molar-refractivity contribution < 1.29 is 13.5 Å². The molecular weight excluding hydrogens is 302 g/mol. The van der Waals surface area contributed by atoms with Crippen LogP contribution in [0.4, 0.5) is 0 Å². The number of hydrogen-bond donors (Lipinski definition) is 2. The van der Waals surface area contributed by atoms with E-state index >= 15 is 0 Å². The number of aliphatic hydroxyl groups excluding tert-OH is 1. The number of rotatable bonds is 4. The second kappa shape index (κ2) is 4.92. The van der Waals surface area contributed by atoms with E-state index < -0.39 is 16.1 Å². The van der Waals surface area contributed by atoms with Crippen molar-refractivity contribution in [3.05, 3.63) is 15.4 Å². The minimum Gasteiger partial charge on any atom is -0.392 e. The zero-order valence-electron chi connectivity index (χ0n) is 8.32. The van der Waals surface area contributed by atoms with Crippen molar-refractivity contribution in [2.75, 3.05) is 6.54 Å².